The maximum Gasteiger partial charge on any atom is 0.325 e. The molecule has 4 fully saturated rings. The molecule has 0 unspecified atom stereocenters. The van der Waals surface area contributed by atoms with Crippen LogP contribution in [-0.4, -0.2) is 85.5 Å². The summed E-state index contributed by atoms with van der Waals surface area (Å²) in [5, 5.41) is 2.99. The molecular formula is C32H40N4O5S. The number of nitrogens with zero attached hydrogens (tertiary/aromatic N) is 3. The minimum atomic E-state index is -3.32. The van der Waals surface area contributed by atoms with E-state index in [0.717, 1.165) is 51.6 Å². The highest BCUT2D eigenvalue weighted by atomic mass is 32.2. The number of piperidine rings is 1. The van der Waals surface area contributed by atoms with Gasteiger partial charge in [0.25, 0.3) is 5.91 Å². The number of carbonyl (C=O) groups excluding carboxylic acids is 3. The zero-order valence-electron chi connectivity index (χ0n) is 24.2. The summed E-state index contributed by atoms with van der Waals surface area (Å²) in [6, 6.07) is 16.4. The van der Waals surface area contributed by atoms with Crippen molar-refractivity contribution in [2.24, 2.45) is 11.8 Å². The average Bonchev–Trinajstić information content (AvgIpc) is 3.71. The van der Waals surface area contributed by atoms with Crippen molar-refractivity contribution in [2.45, 2.75) is 61.4 Å². The standard InChI is InChI=1S/C32H40N4O5S/c1-42(40,41)27-13-11-23(12-14-27)19-36-30(38)32(33-31(36)39)15-17-34(18-16-32)20-26-21-35(29(37)25-9-5-6-10-25)22-28(26)24-7-3-2-4-8-24/h2-4,7-8,11-14,25-26,28H,5-6,9-10,15-22H2,1H3,(H,33,39)/t26-,28+/m0/s1. The number of likely N-dealkylation sites (tertiary alicyclic amines) is 2. The molecule has 3 saturated heterocycles. The van der Waals surface area contributed by atoms with Gasteiger partial charge in [-0.25, -0.2) is 13.2 Å². The Morgan fingerprint density at radius 3 is 2.26 bits per heavy atom. The normalized spacial score (nSPS) is 25.0. The van der Waals surface area contributed by atoms with E-state index in [0.29, 0.717) is 43.3 Å². The average molecular weight is 593 g/mol. The van der Waals surface area contributed by atoms with Crippen LogP contribution in [-0.2, 0) is 26.0 Å². The van der Waals surface area contributed by atoms with Crippen molar-refractivity contribution in [1.29, 1.82) is 0 Å². The van der Waals surface area contributed by atoms with Gasteiger partial charge in [-0.15, -0.1) is 0 Å². The summed E-state index contributed by atoms with van der Waals surface area (Å²) in [7, 11) is -3.32. The van der Waals surface area contributed by atoms with Gasteiger partial charge in [-0.05, 0) is 54.9 Å². The Morgan fingerprint density at radius 2 is 1.62 bits per heavy atom. The van der Waals surface area contributed by atoms with E-state index in [9.17, 15) is 22.8 Å². The van der Waals surface area contributed by atoms with Crippen LogP contribution in [0.1, 0.15) is 55.6 Å². The monoisotopic (exact) mass is 592 g/mol. The molecule has 1 spiro atoms. The van der Waals surface area contributed by atoms with Crippen molar-refractivity contribution in [3.63, 3.8) is 0 Å². The van der Waals surface area contributed by atoms with Crippen molar-refractivity contribution in [2.75, 3.05) is 39.0 Å². The fraction of sp³-hybridized carbons (Fsp3) is 0.531. The molecule has 2 aromatic carbocycles. The van der Waals surface area contributed by atoms with Crippen molar-refractivity contribution >= 4 is 27.7 Å². The third-order valence-corrected chi connectivity index (χ3v) is 11.0. The highest BCUT2D eigenvalue weighted by molar-refractivity contribution is 7.90. The van der Waals surface area contributed by atoms with Gasteiger partial charge < -0.3 is 15.1 Å². The summed E-state index contributed by atoms with van der Waals surface area (Å²) < 4.78 is 23.5. The van der Waals surface area contributed by atoms with Crippen LogP contribution in [0.3, 0.4) is 0 Å². The predicted octanol–water partition coefficient (Wildman–Crippen LogP) is 3.41. The number of sulfone groups is 1. The Labute approximate surface area is 248 Å². The largest absolute Gasteiger partial charge is 0.341 e. The molecule has 3 heterocycles. The number of nitrogens with one attached hydrogen (secondary N) is 1. The molecule has 0 bridgehead atoms. The fourth-order valence-corrected chi connectivity index (χ4v) is 8.01. The van der Waals surface area contributed by atoms with Crippen molar-refractivity contribution < 1.29 is 22.8 Å². The van der Waals surface area contributed by atoms with Gasteiger partial charge in [0, 0.05) is 50.8 Å². The molecule has 4 amide bonds. The molecule has 224 valence electrons. The fourth-order valence-electron chi connectivity index (χ4n) is 7.38. The molecule has 1 saturated carbocycles. The van der Waals surface area contributed by atoms with Crippen LogP contribution in [0, 0.1) is 11.8 Å². The number of benzene rings is 2. The summed E-state index contributed by atoms with van der Waals surface area (Å²) in [5.74, 6) is 0.874. The topological polar surface area (TPSA) is 107 Å². The van der Waals surface area contributed by atoms with Gasteiger partial charge in [0.2, 0.25) is 5.91 Å². The molecule has 2 aromatic rings. The molecule has 10 heteroatoms. The lowest BCUT2D eigenvalue weighted by Crippen LogP contribution is -2.55. The first kappa shape index (κ1) is 28.9. The van der Waals surface area contributed by atoms with E-state index in [1.54, 1.807) is 12.1 Å². The Bertz CT molecular complexity index is 1430. The second kappa shape index (κ2) is 11.4. The summed E-state index contributed by atoms with van der Waals surface area (Å²) in [6.07, 6.45) is 6.53. The zero-order chi connectivity index (χ0) is 29.5. The second-order valence-electron chi connectivity index (χ2n) is 12.6. The minimum absolute atomic E-state index is 0.103. The van der Waals surface area contributed by atoms with Crippen LogP contribution in [0.25, 0.3) is 0 Å². The van der Waals surface area contributed by atoms with E-state index in [2.05, 4.69) is 39.4 Å². The summed E-state index contributed by atoms with van der Waals surface area (Å²) in [4.78, 5) is 45.7. The smallest absolute Gasteiger partial charge is 0.325 e. The number of carbonyl (C=O) groups is 3. The van der Waals surface area contributed by atoms with Crippen molar-refractivity contribution in [1.82, 2.24) is 20.0 Å². The Hall–Kier alpha value is -3.24. The van der Waals surface area contributed by atoms with Crippen LogP contribution in [0.4, 0.5) is 4.79 Å². The van der Waals surface area contributed by atoms with E-state index in [-0.39, 0.29) is 29.2 Å². The molecular weight excluding hydrogens is 552 g/mol. The van der Waals surface area contributed by atoms with Gasteiger partial charge in [0.05, 0.1) is 11.4 Å². The van der Waals surface area contributed by atoms with Crippen LogP contribution >= 0.6 is 0 Å². The van der Waals surface area contributed by atoms with Gasteiger partial charge >= 0.3 is 6.03 Å². The maximum absolute atomic E-state index is 13.5. The quantitative estimate of drug-likeness (QED) is 0.494. The number of amides is 4. The van der Waals surface area contributed by atoms with E-state index in [4.69, 9.17) is 0 Å². The van der Waals surface area contributed by atoms with Gasteiger partial charge in [0.15, 0.2) is 9.84 Å². The second-order valence-corrected chi connectivity index (χ2v) is 14.6. The van der Waals surface area contributed by atoms with E-state index in [1.807, 2.05) is 6.07 Å². The summed E-state index contributed by atoms with van der Waals surface area (Å²) >= 11 is 0. The molecule has 4 aliphatic rings. The van der Waals surface area contributed by atoms with E-state index < -0.39 is 21.4 Å². The molecule has 0 radical (unpaired) electrons. The number of rotatable bonds is 7. The Balaban J connectivity index is 1.09. The molecule has 1 N–H and O–H groups in total. The third kappa shape index (κ3) is 5.71. The molecule has 42 heavy (non-hydrogen) atoms. The first-order valence-electron chi connectivity index (χ1n) is 15.1. The SMILES string of the molecule is CS(=O)(=O)c1ccc(CN2C(=O)NC3(CCN(C[C@H]4CN(C(=O)C5CCCC5)C[C@@H]4c4ccccc4)CC3)C2=O)cc1. The first-order chi connectivity index (χ1) is 20.1. The molecule has 9 nitrogen and oxygen atoms in total. The van der Waals surface area contributed by atoms with Gasteiger partial charge in [-0.1, -0.05) is 55.3 Å². The minimum Gasteiger partial charge on any atom is -0.341 e. The lowest BCUT2D eigenvalue weighted by molar-refractivity contribution is -0.135. The predicted molar refractivity (Wildman–Crippen MR) is 158 cm³/mol. The van der Waals surface area contributed by atoms with Crippen LogP contribution in [0.2, 0.25) is 0 Å². The lowest BCUT2D eigenvalue weighted by Gasteiger charge is -2.38. The highest BCUT2D eigenvalue weighted by Gasteiger charge is 2.52. The number of imide groups is 1. The summed E-state index contributed by atoms with van der Waals surface area (Å²) in [5.41, 5.74) is 1.07. The summed E-state index contributed by atoms with van der Waals surface area (Å²) in [6.45, 7) is 3.86. The first-order valence-corrected chi connectivity index (χ1v) is 17.0. The lowest BCUT2D eigenvalue weighted by atomic mass is 9.85. The van der Waals surface area contributed by atoms with Gasteiger partial charge in [-0.2, -0.15) is 0 Å². The molecule has 2 atom stereocenters. The van der Waals surface area contributed by atoms with Gasteiger partial charge in [-0.3, -0.25) is 14.5 Å². The molecule has 3 aliphatic heterocycles. The zero-order valence-corrected chi connectivity index (χ0v) is 25.0. The molecule has 0 aromatic heterocycles. The van der Waals surface area contributed by atoms with Crippen LogP contribution < -0.4 is 5.32 Å². The van der Waals surface area contributed by atoms with Gasteiger partial charge in [0.1, 0.15) is 5.54 Å². The molecule has 6 rings (SSSR count). The van der Waals surface area contributed by atoms with Crippen molar-refractivity contribution in [3.05, 3.63) is 65.7 Å². The number of hydrogen-bond acceptors (Lipinski definition) is 6. The highest BCUT2D eigenvalue weighted by Crippen LogP contribution is 2.38. The number of hydrogen-bond donors (Lipinski definition) is 1. The Kier molecular flexibility index (Phi) is 7.87. The molecule has 1 aliphatic carbocycles. The van der Waals surface area contributed by atoms with Crippen molar-refractivity contribution in [3.8, 4) is 0 Å². The van der Waals surface area contributed by atoms with Crippen LogP contribution in [0.15, 0.2) is 59.5 Å². The van der Waals surface area contributed by atoms with Crippen LogP contribution in [0.5, 0.6) is 0 Å². The third-order valence-electron chi connectivity index (χ3n) is 9.83. The maximum atomic E-state index is 13.5. The van der Waals surface area contributed by atoms with E-state index in [1.165, 1.54) is 22.6 Å². The van der Waals surface area contributed by atoms with E-state index >= 15 is 0 Å². The Morgan fingerprint density at radius 1 is 0.952 bits per heavy atom. The number of urea groups is 1.